The number of hydrogen-bond donors (Lipinski definition) is 0. The van der Waals surface area contributed by atoms with E-state index >= 15 is 0 Å². The molecule has 0 atom stereocenters. The van der Waals surface area contributed by atoms with E-state index in [0.29, 0.717) is 23.6 Å². The first-order valence-electron chi connectivity index (χ1n) is 10.3. The predicted octanol–water partition coefficient (Wildman–Crippen LogP) is 4.28. The van der Waals surface area contributed by atoms with Crippen molar-refractivity contribution in [3.8, 4) is 0 Å². The van der Waals surface area contributed by atoms with Crippen molar-refractivity contribution in [1.29, 1.82) is 0 Å². The summed E-state index contributed by atoms with van der Waals surface area (Å²) < 4.78 is 0. The Kier molecular flexibility index (Phi) is 7.63. The Morgan fingerprint density at radius 1 is 0.968 bits per heavy atom. The molecule has 0 unspecified atom stereocenters. The Bertz CT molecular complexity index is 970. The molecule has 2 heterocycles. The average molecular weight is 439 g/mol. The lowest BCUT2D eigenvalue weighted by molar-refractivity contribution is -0.136. The minimum atomic E-state index is -0.419. The highest BCUT2D eigenvalue weighted by Gasteiger charge is 2.37. The van der Waals surface area contributed by atoms with Crippen LogP contribution in [0.1, 0.15) is 44.2 Å². The number of likely N-dealkylation sites (tertiary alicyclic amines) is 1. The van der Waals surface area contributed by atoms with Crippen LogP contribution in [0.25, 0.3) is 12.2 Å². The second kappa shape index (κ2) is 10.4. The Morgan fingerprint density at radius 2 is 1.55 bits per heavy atom. The summed E-state index contributed by atoms with van der Waals surface area (Å²) in [5, 5.41) is -0.406. The third-order valence-corrected chi connectivity index (χ3v) is 6.05. The molecule has 1 aromatic carbocycles. The third kappa shape index (κ3) is 6.04. The number of piperidine rings is 1. The fraction of sp³-hybridized carbons (Fsp3) is 0.333. The molecule has 162 valence electrons. The van der Waals surface area contributed by atoms with Crippen molar-refractivity contribution >= 4 is 47.3 Å². The molecule has 0 radical (unpaired) electrons. The van der Waals surface area contributed by atoms with Crippen LogP contribution in [0.2, 0.25) is 0 Å². The minimum absolute atomic E-state index is 0.172. The first-order valence-corrected chi connectivity index (χ1v) is 11.1. The smallest absolute Gasteiger partial charge is 0.294 e. The van der Waals surface area contributed by atoms with Crippen LogP contribution in [0.15, 0.2) is 46.4 Å². The van der Waals surface area contributed by atoms with Gasteiger partial charge in [0.1, 0.15) is 12.8 Å². The molecule has 2 saturated heterocycles. The number of imide groups is 1. The van der Waals surface area contributed by atoms with Gasteiger partial charge in [-0.1, -0.05) is 30.3 Å². The van der Waals surface area contributed by atoms with Crippen molar-refractivity contribution in [3.63, 3.8) is 0 Å². The van der Waals surface area contributed by atoms with Gasteiger partial charge in [0.05, 0.1) is 4.91 Å². The maximum absolute atomic E-state index is 12.7. The second-order valence-electron chi connectivity index (χ2n) is 7.77. The van der Waals surface area contributed by atoms with E-state index in [1.54, 1.807) is 24.0 Å². The second-order valence-corrected chi connectivity index (χ2v) is 8.76. The highest BCUT2D eigenvalue weighted by atomic mass is 32.2. The van der Waals surface area contributed by atoms with E-state index in [9.17, 15) is 19.2 Å². The maximum atomic E-state index is 12.7. The summed E-state index contributed by atoms with van der Waals surface area (Å²) in [6.07, 6.45) is 9.24. The summed E-state index contributed by atoms with van der Waals surface area (Å²) in [4.78, 5) is 51.3. The van der Waals surface area contributed by atoms with Gasteiger partial charge in [0.25, 0.3) is 11.1 Å². The van der Waals surface area contributed by atoms with E-state index in [2.05, 4.69) is 0 Å². The molecule has 0 N–H and O–H groups in total. The summed E-state index contributed by atoms with van der Waals surface area (Å²) in [7, 11) is 0. The molecule has 2 aliphatic rings. The predicted molar refractivity (Wildman–Crippen MR) is 123 cm³/mol. The number of carbonyl (C=O) groups is 4. The van der Waals surface area contributed by atoms with Gasteiger partial charge in [0.15, 0.2) is 0 Å². The van der Waals surface area contributed by atoms with E-state index in [1.165, 1.54) is 0 Å². The highest BCUT2D eigenvalue weighted by Crippen LogP contribution is 2.31. The largest absolute Gasteiger partial charge is 0.341 e. The zero-order valence-electron chi connectivity index (χ0n) is 17.8. The molecule has 3 rings (SSSR count). The van der Waals surface area contributed by atoms with Crippen LogP contribution in [0.5, 0.6) is 0 Å². The van der Waals surface area contributed by atoms with Gasteiger partial charge in [0.2, 0.25) is 5.91 Å². The van der Waals surface area contributed by atoms with Gasteiger partial charge < -0.3 is 4.90 Å². The lowest BCUT2D eigenvalue weighted by Gasteiger charge is -2.27. The highest BCUT2D eigenvalue weighted by molar-refractivity contribution is 8.18. The summed E-state index contributed by atoms with van der Waals surface area (Å²) in [6, 6.07) is 7.66. The van der Waals surface area contributed by atoms with Crippen LogP contribution in [-0.2, 0) is 14.4 Å². The first kappa shape index (κ1) is 22.7. The van der Waals surface area contributed by atoms with E-state index in [1.807, 2.05) is 37.3 Å². The van der Waals surface area contributed by atoms with Crippen molar-refractivity contribution in [1.82, 2.24) is 9.80 Å². The molecular weight excluding hydrogens is 412 g/mol. The average Bonchev–Trinajstić information content (AvgIpc) is 3.02. The third-order valence-electron chi connectivity index (χ3n) is 5.15. The first-order chi connectivity index (χ1) is 14.9. The SMILES string of the molecule is C/C(C=O)=C\c1ccc(/C=C(C)/C=C2\SC(=O)N(CC(=O)N3CCCCC3)C2=O)cc1. The Labute approximate surface area is 186 Å². The van der Waals surface area contributed by atoms with E-state index < -0.39 is 11.1 Å². The number of aldehydes is 1. The quantitative estimate of drug-likeness (QED) is 0.489. The number of allylic oxidation sites excluding steroid dienone is 3. The van der Waals surface area contributed by atoms with Gasteiger partial charge in [-0.2, -0.15) is 0 Å². The minimum Gasteiger partial charge on any atom is -0.341 e. The van der Waals surface area contributed by atoms with E-state index in [0.717, 1.165) is 58.9 Å². The fourth-order valence-corrected chi connectivity index (χ4v) is 4.40. The zero-order chi connectivity index (χ0) is 22.4. The van der Waals surface area contributed by atoms with Gasteiger partial charge in [-0.25, -0.2) is 0 Å². The van der Waals surface area contributed by atoms with Gasteiger partial charge in [-0.15, -0.1) is 0 Å². The number of benzene rings is 1. The Morgan fingerprint density at radius 3 is 2.13 bits per heavy atom. The molecule has 6 nitrogen and oxygen atoms in total. The normalized spacial score (nSPS) is 19.4. The monoisotopic (exact) mass is 438 g/mol. The molecule has 0 spiro atoms. The van der Waals surface area contributed by atoms with Crippen LogP contribution >= 0.6 is 11.8 Å². The molecule has 2 fully saturated rings. The standard InChI is InChI=1S/C24H26N2O4S/c1-17(12-19-6-8-20(9-7-19)13-18(2)16-27)14-21-23(29)26(24(30)31-21)15-22(28)25-10-4-3-5-11-25/h6-9,12-14,16H,3-5,10-11,15H2,1-2H3/b17-12+,18-13+,21-14-. The molecular formula is C24H26N2O4S. The number of thioether (sulfide) groups is 1. The molecule has 2 aliphatic heterocycles. The van der Waals surface area contributed by atoms with Crippen LogP contribution in [-0.4, -0.2) is 52.8 Å². The number of carbonyl (C=O) groups excluding carboxylic acids is 4. The molecule has 0 saturated carbocycles. The molecule has 0 aromatic heterocycles. The van der Waals surface area contributed by atoms with Crippen molar-refractivity contribution in [2.45, 2.75) is 33.1 Å². The van der Waals surface area contributed by atoms with Crippen molar-refractivity contribution < 1.29 is 19.2 Å². The fourth-order valence-electron chi connectivity index (χ4n) is 3.51. The van der Waals surface area contributed by atoms with E-state index in [4.69, 9.17) is 0 Å². The summed E-state index contributed by atoms with van der Waals surface area (Å²) in [5.41, 5.74) is 3.34. The lowest BCUT2D eigenvalue weighted by Crippen LogP contribution is -2.44. The Hall–Kier alpha value is -2.93. The molecule has 1 aromatic rings. The molecule has 7 heteroatoms. The number of nitrogens with zero attached hydrogens (tertiary/aromatic N) is 2. The van der Waals surface area contributed by atoms with Crippen LogP contribution < -0.4 is 0 Å². The topological polar surface area (TPSA) is 74.8 Å². The van der Waals surface area contributed by atoms with Crippen LogP contribution in [0, 0.1) is 0 Å². The van der Waals surface area contributed by atoms with Gasteiger partial charge >= 0.3 is 0 Å². The molecule has 0 bridgehead atoms. The van der Waals surface area contributed by atoms with Gasteiger partial charge in [0, 0.05) is 13.1 Å². The van der Waals surface area contributed by atoms with Crippen LogP contribution in [0.3, 0.4) is 0 Å². The van der Waals surface area contributed by atoms with Crippen LogP contribution in [0.4, 0.5) is 4.79 Å². The van der Waals surface area contributed by atoms with Gasteiger partial charge in [-0.05, 0) is 79.3 Å². The van der Waals surface area contributed by atoms with E-state index in [-0.39, 0.29) is 12.5 Å². The summed E-state index contributed by atoms with van der Waals surface area (Å²) in [6.45, 7) is 4.79. The number of amides is 3. The zero-order valence-corrected chi connectivity index (χ0v) is 18.6. The number of rotatable bonds is 6. The van der Waals surface area contributed by atoms with Gasteiger partial charge in [-0.3, -0.25) is 24.1 Å². The summed E-state index contributed by atoms with van der Waals surface area (Å²) in [5.74, 6) is -0.590. The van der Waals surface area contributed by atoms with Crippen molar-refractivity contribution in [3.05, 3.63) is 57.5 Å². The number of hydrogen-bond acceptors (Lipinski definition) is 5. The van der Waals surface area contributed by atoms with Crippen molar-refractivity contribution in [2.75, 3.05) is 19.6 Å². The molecule has 3 amide bonds. The molecule has 31 heavy (non-hydrogen) atoms. The maximum Gasteiger partial charge on any atom is 0.294 e. The molecule has 0 aliphatic carbocycles. The lowest BCUT2D eigenvalue weighted by atomic mass is 10.1. The summed E-state index contributed by atoms with van der Waals surface area (Å²) >= 11 is 0.867. The Balaban J connectivity index is 1.67. The van der Waals surface area contributed by atoms with Crippen molar-refractivity contribution in [2.24, 2.45) is 0 Å².